The summed E-state index contributed by atoms with van der Waals surface area (Å²) in [6.45, 7) is 4.46. The lowest BCUT2D eigenvalue weighted by molar-refractivity contribution is -0.145. The maximum atomic E-state index is 11.5. The van der Waals surface area contributed by atoms with Crippen LogP contribution in [0.15, 0.2) is 24.3 Å². The summed E-state index contributed by atoms with van der Waals surface area (Å²) in [6, 6.07) is 6.94. The van der Waals surface area contributed by atoms with Gasteiger partial charge in [-0.2, -0.15) is 0 Å². The number of amides is 1. The first-order chi connectivity index (χ1) is 8.65. The molecule has 0 aromatic heterocycles. The Hall–Kier alpha value is -2.04. The predicted octanol–water partition coefficient (Wildman–Crippen LogP) is 1.98. The molecule has 0 fully saturated rings. The Balaban J connectivity index is 2.46. The van der Waals surface area contributed by atoms with Crippen LogP contribution in [-0.2, 0) is 14.3 Å². The number of carbonyl (C=O) groups excluding carboxylic acids is 2. The molecule has 1 N–H and O–H groups in total. The van der Waals surface area contributed by atoms with Gasteiger partial charge in [-0.05, 0) is 38.1 Å². The van der Waals surface area contributed by atoms with Gasteiger partial charge in [0.05, 0.1) is 13.2 Å². The number of rotatable bonds is 6. The molecular formula is C13H17NO4. The first-order valence-electron chi connectivity index (χ1n) is 5.84. The van der Waals surface area contributed by atoms with Crippen LogP contribution >= 0.6 is 0 Å². The normalized spacial score (nSPS) is 9.67. The maximum absolute atomic E-state index is 11.5. The number of anilines is 1. The molecule has 18 heavy (non-hydrogen) atoms. The minimum absolute atomic E-state index is 0.273. The Morgan fingerprint density at radius 1 is 1.11 bits per heavy atom. The Kier molecular flexibility index (Phi) is 5.70. The van der Waals surface area contributed by atoms with Gasteiger partial charge in [0.1, 0.15) is 12.2 Å². The summed E-state index contributed by atoms with van der Waals surface area (Å²) in [5, 5.41) is 2.61. The van der Waals surface area contributed by atoms with Crippen LogP contribution in [0.5, 0.6) is 5.75 Å². The summed E-state index contributed by atoms with van der Waals surface area (Å²) in [4.78, 5) is 22.5. The monoisotopic (exact) mass is 251 g/mol. The Morgan fingerprint density at radius 2 is 1.78 bits per heavy atom. The highest BCUT2D eigenvalue weighted by Crippen LogP contribution is 2.15. The van der Waals surface area contributed by atoms with E-state index in [9.17, 15) is 9.59 Å². The van der Waals surface area contributed by atoms with Gasteiger partial charge in [0, 0.05) is 5.69 Å². The third kappa shape index (κ3) is 4.86. The van der Waals surface area contributed by atoms with Gasteiger partial charge in [0.2, 0.25) is 5.91 Å². The fourth-order valence-corrected chi connectivity index (χ4v) is 1.35. The van der Waals surface area contributed by atoms with Crippen molar-refractivity contribution in [2.24, 2.45) is 0 Å². The van der Waals surface area contributed by atoms with Crippen molar-refractivity contribution in [3.63, 3.8) is 0 Å². The maximum Gasteiger partial charge on any atom is 0.315 e. The minimum Gasteiger partial charge on any atom is -0.494 e. The molecule has 0 bridgehead atoms. The molecule has 1 aromatic carbocycles. The Morgan fingerprint density at radius 3 is 2.33 bits per heavy atom. The number of carbonyl (C=O) groups is 2. The zero-order valence-electron chi connectivity index (χ0n) is 10.6. The quantitative estimate of drug-likeness (QED) is 0.620. The molecule has 1 amide bonds. The van der Waals surface area contributed by atoms with Crippen molar-refractivity contribution in [3.8, 4) is 5.75 Å². The van der Waals surface area contributed by atoms with Crippen LogP contribution in [0, 0.1) is 0 Å². The van der Waals surface area contributed by atoms with E-state index in [2.05, 4.69) is 10.1 Å². The van der Waals surface area contributed by atoms with Crippen molar-refractivity contribution in [3.05, 3.63) is 24.3 Å². The summed E-state index contributed by atoms with van der Waals surface area (Å²) in [5.74, 6) is -0.181. The lowest BCUT2D eigenvalue weighted by Crippen LogP contribution is -2.18. The van der Waals surface area contributed by atoms with Crippen LogP contribution < -0.4 is 10.1 Å². The summed E-state index contributed by atoms with van der Waals surface area (Å²) in [5.41, 5.74) is 0.618. The fraction of sp³-hybridized carbons (Fsp3) is 0.385. The van der Waals surface area contributed by atoms with Crippen LogP contribution in [0.25, 0.3) is 0 Å². The zero-order valence-corrected chi connectivity index (χ0v) is 10.6. The van der Waals surface area contributed by atoms with Crippen LogP contribution in [-0.4, -0.2) is 25.1 Å². The number of nitrogens with one attached hydrogen (secondary N) is 1. The van der Waals surface area contributed by atoms with Crippen LogP contribution in [0.3, 0.4) is 0 Å². The third-order valence-corrected chi connectivity index (χ3v) is 2.06. The Bertz CT molecular complexity index is 400. The first-order valence-corrected chi connectivity index (χ1v) is 5.84. The molecule has 98 valence electrons. The van der Waals surface area contributed by atoms with Gasteiger partial charge in [-0.15, -0.1) is 0 Å². The molecule has 0 atom stereocenters. The topological polar surface area (TPSA) is 64.6 Å². The lowest BCUT2D eigenvalue weighted by atomic mass is 10.3. The van der Waals surface area contributed by atoms with E-state index in [1.165, 1.54) is 0 Å². The molecule has 0 aliphatic carbocycles. The third-order valence-electron chi connectivity index (χ3n) is 2.06. The highest BCUT2D eigenvalue weighted by molar-refractivity contribution is 6.01. The molecule has 5 nitrogen and oxygen atoms in total. The molecule has 0 aliphatic heterocycles. The minimum atomic E-state index is -0.527. The molecule has 0 radical (unpaired) electrons. The van der Waals surface area contributed by atoms with Crippen molar-refractivity contribution >= 4 is 17.6 Å². The molecule has 0 saturated heterocycles. The van der Waals surface area contributed by atoms with Gasteiger partial charge in [-0.1, -0.05) is 0 Å². The first kappa shape index (κ1) is 14.0. The second-order valence-corrected chi connectivity index (χ2v) is 3.49. The molecule has 0 aliphatic rings. The molecule has 1 rings (SSSR count). The predicted molar refractivity (Wildman–Crippen MR) is 67.5 cm³/mol. The smallest absolute Gasteiger partial charge is 0.315 e. The van der Waals surface area contributed by atoms with E-state index in [4.69, 9.17) is 4.74 Å². The van der Waals surface area contributed by atoms with Crippen molar-refractivity contribution in [2.75, 3.05) is 18.5 Å². The summed E-state index contributed by atoms with van der Waals surface area (Å²) in [6.07, 6.45) is -0.277. The molecule has 1 aromatic rings. The zero-order chi connectivity index (χ0) is 13.4. The number of hydrogen-bond donors (Lipinski definition) is 1. The Labute approximate surface area is 106 Å². The van der Waals surface area contributed by atoms with Crippen LogP contribution in [0.4, 0.5) is 5.69 Å². The molecular weight excluding hydrogens is 234 g/mol. The van der Waals surface area contributed by atoms with Crippen LogP contribution in [0.1, 0.15) is 20.3 Å². The van der Waals surface area contributed by atoms with Crippen molar-refractivity contribution in [1.29, 1.82) is 0 Å². The summed E-state index contributed by atoms with van der Waals surface area (Å²) >= 11 is 0. The molecule has 0 unspecified atom stereocenters. The summed E-state index contributed by atoms with van der Waals surface area (Å²) in [7, 11) is 0. The van der Waals surface area contributed by atoms with E-state index < -0.39 is 11.9 Å². The second kappa shape index (κ2) is 7.32. The van der Waals surface area contributed by atoms with Gasteiger partial charge in [-0.25, -0.2) is 0 Å². The average Bonchev–Trinajstić information content (AvgIpc) is 2.32. The lowest BCUT2D eigenvalue weighted by Gasteiger charge is -2.06. The van der Waals surface area contributed by atoms with Crippen molar-refractivity contribution in [2.45, 2.75) is 20.3 Å². The standard InChI is InChI=1S/C13H17NO4/c1-3-17-11-7-5-10(6-8-11)14-12(15)9-13(16)18-4-2/h5-8H,3-4,9H2,1-2H3,(H,14,15). The van der Waals surface area contributed by atoms with E-state index in [0.29, 0.717) is 12.3 Å². The highest BCUT2D eigenvalue weighted by Gasteiger charge is 2.10. The molecule has 0 spiro atoms. The molecule has 0 heterocycles. The van der Waals surface area contributed by atoms with Gasteiger partial charge in [0.15, 0.2) is 0 Å². The van der Waals surface area contributed by atoms with Crippen molar-refractivity contribution < 1.29 is 19.1 Å². The number of esters is 1. The largest absolute Gasteiger partial charge is 0.494 e. The number of benzene rings is 1. The van der Waals surface area contributed by atoms with Gasteiger partial charge >= 0.3 is 5.97 Å². The molecule has 0 saturated carbocycles. The SMILES string of the molecule is CCOC(=O)CC(=O)Nc1ccc(OCC)cc1. The van der Waals surface area contributed by atoms with Gasteiger partial charge < -0.3 is 14.8 Å². The fourth-order valence-electron chi connectivity index (χ4n) is 1.35. The van der Waals surface area contributed by atoms with Crippen molar-refractivity contribution in [1.82, 2.24) is 0 Å². The van der Waals surface area contributed by atoms with Gasteiger partial charge in [0.25, 0.3) is 0 Å². The van der Waals surface area contributed by atoms with E-state index in [0.717, 1.165) is 5.75 Å². The second-order valence-electron chi connectivity index (χ2n) is 3.49. The van der Waals surface area contributed by atoms with Gasteiger partial charge in [-0.3, -0.25) is 9.59 Å². The van der Waals surface area contributed by atoms with E-state index in [1.807, 2.05) is 6.92 Å². The highest BCUT2D eigenvalue weighted by atomic mass is 16.5. The number of hydrogen-bond acceptors (Lipinski definition) is 4. The summed E-state index contributed by atoms with van der Waals surface area (Å²) < 4.78 is 9.96. The average molecular weight is 251 g/mol. The van der Waals surface area contributed by atoms with Crippen LogP contribution in [0.2, 0.25) is 0 Å². The van der Waals surface area contributed by atoms with E-state index in [-0.39, 0.29) is 13.0 Å². The molecule has 5 heteroatoms. The van der Waals surface area contributed by atoms with E-state index in [1.54, 1.807) is 31.2 Å². The number of ether oxygens (including phenoxy) is 2. The van der Waals surface area contributed by atoms with E-state index >= 15 is 0 Å².